The van der Waals surface area contributed by atoms with E-state index < -0.39 is 10.0 Å². The maximum absolute atomic E-state index is 12.5. The molecule has 0 saturated heterocycles. The molecule has 2 aromatic carbocycles. The van der Waals surface area contributed by atoms with Crippen molar-refractivity contribution in [1.82, 2.24) is 4.72 Å². The average Bonchev–Trinajstić information content (AvgIpc) is 3.39. The first-order valence-electron chi connectivity index (χ1n) is 8.15. The van der Waals surface area contributed by atoms with Crippen LogP contribution in [0.15, 0.2) is 53.4 Å². The molecule has 3 rings (SSSR count). The highest BCUT2D eigenvalue weighted by Gasteiger charge is 2.28. The van der Waals surface area contributed by atoms with Crippen molar-refractivity contribution in [3.63, 3.8) is 0 Å². The zero-order valence-corrected chi connectivity index (χ0v) is 14.7. The summed E-state index contributed by atoms with van der Waals surface area (Å²) in [6.45, 7) is 2.29. The number of carbonyl (C=O) groups is 1. The highest BCUT2D eigenvalue weighted by molar-refractivity contribution is 7.89. The zero-order valence-electron chi connectivity index (χ0n) is 13.9. The van der Waals surface area contributed by atoms with E-state index in [4.69, 9.17) is 4.74 Å². The van der Waals surface area contributed by atoms with Crippen LogP contribution in [0.2, 0.25) is 0 Å². The fraction of sp³-hybridized carbons (Fsp3) is 0.278. The number of nitrogens with one attached hydrogen (secondary N) is 2. The lowest BCUT2D eigenvalue weighted by atomic mass is 10.2. The Balaban J connectivity index is 1.79. The van der Waals surface area contributed by atoms with Gasteiger partial charge in [0.1, 0.15) is 5.75 Å². The molecule has 1 fully saturated rings. The van der Waals surface area contributed by atoms with Gasteiger partial charge in [-0.15, -0.1) is 0 Å². The Morgan fingerprint density at radius 3 is 2.64 bits per heavy atom. The number of sulfonamides is 1. The molecule has 0 aromatic heterocycles. The number of benzene rings is 2. The predicted molar refractivity (Wildman–Crippen MR) is 95.3 cm³/mol. The van der Waals surface area contributed by atoms with Crippen LogP contribution in [0.1, 0.15) is 30.1 Å². The fourth-order valence-electron chi connectivity index (χ4n) is 2.36. The number of hydrogen-bond donors (Lipinski definition) is 2. The molecule has 1 aliphatic rings. The molecule has 0 bridgehead atoms. The standard InChI is InChI=1S/C18H20N2O4S/c1-2-24-17-9-4-3-8-16(17)18(21)19-14-6-5-7-15(12-14)25(22,23)20-13-10-11-13/h3-9,12-13,20H,2,10-11H2,1H3,(H,19,21). The lowest BCUT2D eigenvalue weighted by molar-refractivity contribution is 0.102. The first-order chi connectivity index (χ1) is 12.0. The van der Waals surface area contributed by atoms with E-state index >= 15 is 0 Å². The molecule has 2 aromatic rings. The summed E-state index contributed by atoms with van der Waals surface area (Å²) in [5, 5.41) is 2.73. The van der Waals surface area contributed by atoms with E-state index in [0.717, 1.165) is 12.8 Å². The van der Waals surface area contributed by atoms with Crippen LogP contribution in [0.4, 0.5) is 5.69 Å². The van der Waals surface area contributed by atoms with Gasteiger partial charge >= 0.3 is 0 Å². The fourth-order valence-corrected chi connectivity index (χ4v) is 3.71. The molecule has 2 N–H and O–H groups in total. The van der Waals surface area contributed by atoms with Crippen LogP contribution >= 0.6 is 0 Å². The first-order valence-corrected chi connectivity index (χ1v) is 9.63. The second kappa shape index (κ2) is 7.25. The van der Waals surface area contributed by atoms with Crippen molar-refractivity contribution in [2.24, 2.45) is 0 Å². The van der Waals surface area contributed by atoms with E-state index in [1.165, 1.54) is 12.1 Å². The van der Waals surface area contributed by atoms with Crippen molar-refractivity contribution in [2.45, 2.75) is 30.7 Å². The lowest BCUT2D eigenvalue weighted by Crippen LogP contribution is -2.25. The second-order valence-electron chi connectivity index (χ2n) is 5.81. The van der Waals surface area contributed by atoms with E-state index in [9.17, 15) is 13.2 Å². The molecule has 0 heterocycles. The second-order valence-corrected chi connectivity index (χ2v) is 7.52. The van der Waals surface area contributed by atoms with Crippen LogP contribution in [0.25, 0.3) is 0 Å². The van der Waals surface area contributed by atoms with Crippen LogP contribution in [0.3, 0.4) is 0 Å². The molecule has 0 atom stereocenters. The summed E-state index contributed by atoms with van der Waals surface area (Å²) in [6.07, 6.45) is 1.73. The molecule has 25 heavy (non-hydrogen) atoms. The number of ether oxygens (including phenoxy) is 1. The van der Waals surface area contributed by atoms with Gasteiger partial charge < -0.3 is 10.1 Å². The van der Waals surface area contributed by atoms with Crippen LogP contribution < -0.4 is 14.8 Å². The molecule has 7 heteroatoms. The summed E-state index contributed by atoms with van der Waals surface area (Å²) in [7, 11) is -3.56. The van der Waals surface area contributed by atoms with Crippen molar-refractivity contribution in [3.05, 3.63) is 54.1 Å². The lowest BCUT2D eigenvalue weighted by Gasteiger charge is -2.11. The molecule has 1 amide bonds. The number of amides is 1. The molecule has 0 radical (unpaired) electrons. The topological polar surface area (TPSA) is 84.5 Å². The third-order valence-electron chi connectivity index (χ3n) is 3.73. The summed E-state index contributed by atoms with van der Waals surface area (Å²) >= 11 is 0. The SMILES string of the molecule is CCOc1ccccc1C(=O)Nc1cccc(S(=O)(=O)NC2CC2)c1. The highest BCUT2D eigenvalue weighted by atomic mass is 32.2. The minimum absolute atomic E-state index is 0.0290. The average molecular weight is 360 g/mol. The zero-order chi connectivity index (χ0) is 17.9. The third kappa shape index (κ3) is 4.37. The van der Waals surface area contributed by atoms with Crippen LogP contribution in [-0.2, 0) is 10.0 Å². The van der Waals surface area contributed by atoms with Gasteiger partial charge in [0.05, 0.1) is 17.1 Å². The van der Waals surface area contributed by atoms with Crippen LogP contribution in [-0.4, -0.2) is 27.0 Å². The van der Waals surface area contributed by atoms with Gasteiger partial charge in [-0.1, -0.05) is 18.2 Å². The maximum atomic E-state index is 12.5. The van der Waals surface area contributed by atoms with Crippen LogP contribution in [0, 0.1) is 0 Å². The summed E-state index contributed by atoms with van der Waals surface area (Å²) in [5.74, 6) is 0.135. The van der Waals surface area contributed by atoms with Gasteiger partial charge in [0.15, 0.2) is 0 Å². The van der Waals surface area contributed by atoms with E-state index in [1.54, 1.807) is 36.4 Å². The Hall–Kier alpha value is -2.38. The molecule has 1 saturated carbocycles. The highest BCUT2D eigenvalue weighted by Crippen LogP contribution is 2.24. The molecule has 1 aliphatic carbocycles. The summed E-state index contributed by atoms with van der Waals surface area (Å²) in [5.41, 5.74) is 0.809. The number of hydrogen-bond acceptors (Lipinski definition) is 4. The van der Waals surface area contributed by atoms with Crippen molar-refractivity contribution in [1.29, 1.82) is 0 Å². The van der Waals surface area contributed by atoms with Gasteiger partial charge in [-0.05, 0) is 50.1 Å². The third-order valence-corrected chi connectivity index (χ3v) is 5.25. The Kier molecular flexibility index (Phi) is 5.06. The van der Waals surface area contributed by atoms with Gasteiger partial charge in [-0.2, -0.15) is 0 Å². The molecular weight excluding hydrogens is 340 g/mol. The van der Waals surface area contributed by atoms with Gasteiger partial charge in [-0.25, -0.2) is 13.1 Å². The Bertz CT molecular complexity index is 876. The largest absolute Gasteiger partial charge is 0.493 e. The summed E-state index contributed by atoms with van der Waals surface area (Å²) in [4.78, 5) is 12.6. The van der Waals surface area contributed by atoms with Crippen molar-refractivity contribution < 1.29 is 17.9 Å². The minimum Gasteiger partial charge on any atom is -0.493 e. The molecular formula is C18H20N2O4S. The van der Waals surface area contributed by atoms with E-state index in [-0.39, 0.29) is 16.8 Å². The summed E-state index contributed by atoms with van der Waals surface area (Å²) < 4.78 is 32.7. The van der Waals surface area contributed by atoms with Crippen molar-refractivity contribution >= 4 is 21.6 Å². The Labute approximate surface area is 147 Å². The quantitative estimate of drug-likeness (QED) is 0.795. The van der Waals surface area contributed by atoms with Gasteiger partial charge in [0, 0.05) is 11.7 Å². The minimum atomic E-state index is -3.56. The Morgan fingerprint density at radius 1 is 1.16 bits per heavy atom. The Morgan fingerprint density at radius 2 is 1.92 bits per heavy atom. The smallest absolute Gasteiger partial charge is 0.259 e. The molecule has 0 aliphatic heterocycles. The van der Waals surface area contributed by atoms with Gasteiger partial charge in [0.2, 0.25) is 10.0 Å². The van der Waals surface area contributed by atoms with E-state index in [0.29, 0.717) is 23.6 Å². The van der Waals surface area contributed by atoms with E-state index in [1.807, 2.05) is 6.92 Å². The number of anilines is 1. The van der Waals surface area contributed by atoms with Crippen molar-refractivity contribution in [3.8, 4) is 5.75 Å². The van der Waals surface area contributed by atoms with Crippen LogP contribution in [0.5, 0.6) is 5.75 Å². The molecule has 132 valence electrons. The van der Waals surface area contributed by atoms with E-state index in [2.05, 4.69) is 10.0 Å². The monoisotopic (exact) mass is 360 g/mol. The number of rotatable bonds is 7. The molecule has 0 unspecified atom stereocenters. The normalized spacial score (nSPS) is 14.1. The number of carbonyl (C=O) groups excluding carboxylic acids is 1. The maximum Gasteiger partial charge on any atom is 0.259 e. The van der Waals surface area contributed by atoms with Gasteiger partial charge in [0.25, 0.3) is 5.91 Å². The molecule has 0 spiro atoms. The molecule has 6 nitrogen and oxygen atoms in total. The van der Waals surface area contributed by atoms with Gasteiger partial charge in [-0.3, -0.25) is 4.79 Å². The number of para-hydroxylation sites is 1. The van der Waals surface area contributed by atoms with Crippen molar-refractivity contribution in [2.75, 3.05) is 11.9 Å². The first kappa shape index (κ1) is 17.4. The predicted octanol–water partition coefficient (Wildman–Crippen LogP) is 2.78. The summed E-state index contributed by atoms with van der Waals surface area (Å²) in [6, 6.07) is 13.2.